The number of pyridine rings is 1. The van der Waals surface area contributed by atoms with E-state index in [9.17, 15) is 24.0 Å². The van der Waals surface area contributed by atoms with Crippen LogP contribution in [0.15, 0.2) is 115 Å². The quantitative estimate of drug-likeness (QED) is 0.110. The molecule has 0 spiro atoms. The summed E-state index contributed by atoms with van der Waals surface area (Å²) < 4.78 is 14.5. The van der Waals surface area contributed by atoms with Crippen molar-refractivity contribution in [3.05, 3.63) is 160 Å². The number of hydrogen-bond donors (Lipinski definition) is 1. The van der Waals surface area contributed by atoms with Crippen LogP contribution in [0.4, 0.5) is 4.79 Å². The van der Waals surface area contributed by atoms with E-state index >= 15 is 0 Å². The van der Waals surface area contributed by atoms with E-state index in [1.165, 1.54) is 4.57 Å². The van der Waals surface area contributed by atoms with Gasteiger partial charge in [0.1, 0.15) is 6.04 Å². The molecule has 0 aliphatic carbocycles. The van der Waals surface area contributed by atoms with Gasteiger partial charge in [0.15, 0.2) is 13.5 Å². The summed E-state index contributed by atoms with van der Waals surface area (Å²) in [5, 5.41) is 9.37. The molecule has 15 nitrogen and oxygen atoms in total. The molecule has 2 aromatic heterocycles. The fraction of sp³-hybridized carbons (Fsp3) is 0.357. The molecular weight excluding hydrogens is 897 g/mol. The van der Waals surface area contributed by atoms with Gasteiger partial charge in [0.2, 0.25) is 5.91 Å². The molecule has 0 saturated carbocycles. The van der Waals surface area contributed by atoms with Crippen LogP contribution in [0, 0.1) is 6.92 Å². The lowest BCUT2D eigenvalue weighted by molar-refractivity contribution is -0.135. The molecule has 0 unspecified atom stereocenters. The zero-order valence-electron chi connectivity index (χ0n) is 40.6. The monoisotopic (exact) mass is 958 g/mol. The maximum absolute atomic E-state index is 14.6. The number of nitrogens with zero attached hydrogens (tertiary/aromatic N) is 7. The van der Waals surface area contributed by atoms with E-state index in [0.29, 0.717) is 67.3 Å². The Morgan fingerprint density at radius 1 is 0.732 bits per heavy atom. The first-order valence-electron chi connectivity index (χ1n) is 24.6. The molecule has 3 aliphatic rings. The number of hydrogen-bond acceptors (Lipinski definition) is 10. The molecule has 368 valence electrons. The molecule has 3 fully saturated rings. The Labute approximate surface area is 413 Å². The average molecular weight is 959 g/mol. The van der Waals surface area contributed by atoms with Gasteiger partial charge in [0.25, 0.3) is 5.56 Å². The van der Waals surface area contributed by atoms with Crippen molar-refractivity contribution in [3.8, 4) is 0 Å². The normalized spacial score (nSPS) is 16.7. The van der Waals surface area contributed by atoms with E-state index in [0.717, 1.165) is 77.6 Å². The van der Waals surface area contributed by atoms with Crippen LogP contribution < -0.4 is 10.9 Å². The second-order valence-corrected chi connectivity index (χ2v) is 19.0. The van der Waals surface area contributed by atoms with Crippen LogP contribution in [0.2, 0.25) is 0 Å². The van der Waals surface area contributed by atoms with Crippen LogP contribution in [-0.4, -0.2) is 129 Å². The lowest BCUT2D eigenvalue weighted by atomic mass is 9.89. The highest BCUT2D eigenvalue weighted by Gasteiger charge is 2.34. The molecule has 0 radical (unpaired) electrons. The number of rotatable bonds is 14. The maximum Gasteiger partial charge on any atom is 0.339 e. The van der Waals surface area contributed by atoms with Crippen molar-refractivity contribution < 1.29 is 28.7 Å². The van der Waals surface area contributed by atoms with E-state index in [1.807, 2.05) is 54.3 Å². The number of piperazine rings is 1. The summed E-state index contributed by atoms with van der Waals surface area (Å²) >= 11 is 0. The molecule has 3 aliphatic heterocycles. The van der Waals surface area contributed by atoms with Crippen molar-refractivity contribution in [1.29, 1.82) is 0 Å². The minimum Gasteiger partial charge on any atom is -0.440 e. The first-order chi connectivity index (χ1) is 34.5. The maximum atomic E-state index is 14.6. The van der Waals surface area contributed by atoms with E-state index in [4.69, 9.17) is 9.47 Å². The molecule has 3 saturated heterocycles. The molecule has 9 rings (SSSR count). The molecule has 0 bridgehead atoms. The molecule has 1 N–H and O–H groups in total. The van der Waals surface area contributed by atoms with Gasteiger partial charge in [-0.3, -0.25) is 19.1 Å². The van der Waals surface area contributed by atoms with Gasteiger partial charge in [0.05, 0.1) is 28.4 Å². The fourth-order valence-corrected chi connectivity index (χ4v) is 10.4. The van der Waals surface area contributed by atoms with E-state index in [2.05, 4.69) is 40.4 Å². The number of para-hydroxylation sites is 1. The van der Waals surface area contributed by atoms with Crippen molar-refractivity contribution in [2.75, 3.05) is 59.4 Å². The Bertz CT molecular complexity index is 2990. The summed E-state index contributed by atoms with van der Waals surface area (Å²) in [6.45, 7) is 14.8. The SMILES string of the molecule is C=Cc1ccc(C(=O)OCn2ncc3cc(C[C@@H](NC(=O)N4CCC(c5cc6ccccc6n(COC(=O)c6ccc(C=C)cc6)c5=O)CC4)C(=O)N4CCN(C5CCN(C)CC5)CC4)cc(C)c32)cc1. The van der Waals surface area contributed by atoms with Crippen molar-refractivity contribution in [3.63, 3.8) is 0 Å². The van der Waals surface area contributed by atoms with Crippen LogP contribution in [0.1, 0.15) is 80.1 Å². The highest BCUT2D eigenvalue weighted by Crippen LogP contribution is 2.29. The van der Waals surface area contributed by atoms with Gasteiger partial charge in [-0.1, -0.05) is 73.8 Å². The van der Waals surface area contributed by atoms with Crippen LogP contribution in [-0.2, 0) is 34.2 Å². The third-order valence-electron chi connectivity index (χ3n) is 14.5. The molecule has 3 amide bonds. The summed E-state index contributed by atoms with van der Waals surface area (Å²) in [4.78, 5) is 77.6. The van der Waals surface area contributed by atoms with Gasteiger partial charge in [-0.2, -0.15) is 5.10 Å². The van der Waals surface area contributed by atoms with Gasteiger partial charge in [0, 0.05) is 62.7 Å². The number of amides is 3. The second kappa shape index (κ2) is 21.7. The van der Waals surface area contributed by atoms with Crippen molar-refractivity contribution in [2.45, 2.75) is 70.5 Å². The zero-order chi connectivity index (χ0) is 49.6. The number of aromatic nitrogens is 3. The number of ether oxygens (including phenoxy) is 2. The Hall–Kier alpha value is -7.36. The molecule has 15 heteroatoms. The third kappa shape index (κ3) is 11.0. The summed E-state index contributed by atoms with van der Waals surface area (Å²) in [6, 6.07) is 26.7. The van der Waals surface area contributed by atoms with E-state index in [-0.39, 0.29) is 43.3 Å². The van der Waals surface area contributed by atoms with Crippen molar-refractivity contribution in [1.82, 2.24) is 39.3 Å². The lowest BCUT2D eigenvalue weighted by Gasteiger charge is -2.43. The number of nitrogens with one attached hydrogen (secondary N) is 1. The summed E-state index contributed by atoms with van der Waals surface area (Å²) in [5.41, 5.74) is 6.15. The number of aryl methyl sites for hydroxylation is 1. The number of carbonyl (C=O) groups is 4. The third-order valence-corrected chi connectivity index (χ3v) is 14.5. The Kier molecular flexibility index (Phi) is 14.9. The van der Waals surface area contributed by atoms with Gasteiger partial charge in [-0.05, 0) is 129 Å². The number of likely N-dealkylation sites (tertiary alicyclic amines) is 2. The summed E-state index contributed by atoms with van der Waals surface area (Å²) in [6.07, 6.45) is 8.68. The Morgan fingerprint density at radius 2 is 1.35 bits per heavy atom. The topological polar surface area (TPSA) is 152 Å². The number of piperidine rings is 2. The summed E-state index contributed by atoms with van der Waals surface area (Å²) in [7, 11) is 2.16. The number of fused-ring (bicyclic) bond motifs is 2. The minimum atomic E-state index is -0.842. The minimum absolute atomic E-state index is 0.0815. The molecule has 5 heterocycles. The highest BCUT2D eigenvalue weighted by atomic mass is 16.5. The van der Waals surface area contributed by atoms with Crippen molar-refractivity contribution in [2.24, 2.45) is 0 Å². The fourth-order valence-electron chi connectivity index (χ4n) is 10.4. The predicted molar refractivity (Wildman–Crippen MR) is 275 cm³/mol. The van der Waals surface area contributed by atoms with Gasteiger partial charge < -0.3 is 29.5 Å². The summed E-state index contributed by atoms with van der Waals surface area (Å²) in [5.74, 6) is -1.27. The van der Waals surface area contributed by atoms with E-state index in [1.54, 1.807) is 76.5 Å². The van der Waals surface area contributed by atoms with Gasteiger partial charge in [-0.25, -0.2) is 19.1 Å². The first-order valence-corrected chi connectivity index (χ1v) is 24.6. The highest BCUT2D eigenvalue weighted by molar-refractivity contribution is 5.91. The van der Waals surface area contributed by atoms with Gasteiger partial charge >= 0.3 is 18.0 Å². The second-order valence-electron chi connectivity index (χ2n) is 19.0. The van der Waals surface area contributed by atoms with Crippen LogP contribution in [0.5, 0.6) is 0 Å². The molecular formula is C56H62N8O7. The zero-order valence-corrected chi connectivity index (χ0v) is 40.6. The lowest BCUT2D eigenvalue weighted by Crippen LogP contribution is -2.59. The van der Waals surface area contributed by atoms with E-state index < -0.39 is 18.0 Å². The predicted octanol–water partition coefficient (Wildman–Crippen LogP) is 7.31. The Morgan fingerprint density at radius 3 is 1.99 bits per heavy atom. The average Bonchev–Trinajstić information content (AvgIpc) is 3.83. The molecule has 1 atom stereocenters. The smallest absolute Gasteiger partial charge is 0.339 e. The van der Waals surface area contributed by atoms with Gasteiger partial charge in [-0.15, -0.1) is 0 Å². The number of esters is 2. The number of carbonyl (C=O) groups excluding carboxylic acids is 4. The van der Waals surface area contributed by atoms with Crippen LogP contribution in [0.25, 0.3) is 34.0 Å². The van der Waals surface area contributed by atoms with Crippen molar-refractivity contribution >= 4 is 57.8 Å². The molecule has 71 heavy (non-hydrogen) atoms. The molecule has 4 aromatic carbocycles. The Balaban J connectivity index is 0.888. The molecule has 6 aromatic rings. The number of benzene rings is 4. The first kappa shape index (κ1) is 48.7. The number of urea groups is 1. The largest absolute Gasteiger partial charge is 0.440 e. The standard InChI is InChI=1S/C56H62N8O7/c1-5-39-11-15-43(16-12-39)54(67)70-36-63-50-10-8-7-9-45(50)34-48(52(63)65)42-19-25-62(26-20-42)56(69)58-49(53(66)61-29-27-60(28-30-61)47-21-23-59(4)24-22-47)33-41-31-38(3)51-46(32-41)35-57-64(51)37-71-55(68)44-17-13-40(6-2)14-18-44/h5-18,31-32,34-35,42,47,49H,1-2,19-30,33,36-37H2,3-4H3,(H,58,69)/t49-/m1/s1. The van der Waals surface area contributed by atoms with Crippen LogP contribution in [0.3, 0.4) is 0 Å². The van der Waals surface area contributed by atoms with Crippen LogP contribution >= 0.6 is 0 Å².